The number of methoxy groups -OCH3 is 1. The maximum atomic E-state index is 12.0. The van der Waals surface area contributed by atoms with Gasteiger partial charge in [-0.1, -0.05) is 0 Å². The van der Waals surface area contributed by atoms with Crippen LogP contribution in [0, 0.1) is 0 Å². The SMILES string of the molecule is COc1ccc(C(=O)CCC(=O)NN2CCOCC2)cc1. The van der Waals surface area contributed by atoms with Gasteiger partial charge < -0.3 is 9.47 Å². The van der Waals surface area contributed by atoms with Crippen molar-refractivity contribution in [2.75, 3.05) is 33.4 Å². The molecule has 1 N–H and O–H groups in total. The fourth-order valence-corrected chi connectivity index (χ4v) is 2.06. The third kappa shape index (κ3) is 4.84. The minimum absolute atomic E-state index is 0.0465. The van der Waals surface area contributed by atoms with Gasteiger partial charge in [0.15, 0.2) is 5.78 Å². The summed E-state index contributed by atoms with van der Waals surface area (Å²) in [6.07, 6.45) is 0.380. The predicted octanol–water partition coefficient (Wildman–Crippen LogP) is 1.02. The first-order valence-electron chi connectivity index (χ1n) is 6.98. The number of benzene rings is 1. The number of ketones is 1. The van der Waals surface area contributed by atoms with Gasteiger partial charge in [-0.05, 0) is 24.3 Å². The van der Waals surface area contributed by atoms with Crippen LogP contribution < -0.4 is 10.2 Å². The van der Waals surface area contributed by atoms with Gasteiger partial charge in [-0.3, -0.25) is 15.0 Å². The van der Waals surface area contributed by atoms with Gasteiger partial charge in [0, 0.05) is 31.5 Å². The van der Waals surface area contributed by atoms with E-state index in [2.05, 4.69) is 5.43 Å². The summed E-state index contributed by atoms with van der Waals surface area (Å²) in [6.45, 7) is 2.59. The van der Waals surface area contributed by atoms with Crippen molar-refractivity contribution >= 4 is 11.7 Å². The van der Waals surface area contributed by atoms with Crippen LogP contribution in [0.4, 0.5) is 0 Å². The van der Waals surface area contributed by atoms with Crippen LogP contribution in [0.25, 0.3) is 0 Å². The van der Waals surface area contributed by atoms with Gasteiger partial charge in [-0.25, -0.2) is 5.01 Å². The quantitative estimate of drug-likeness (QED) is 0.793. The third-order valence-electron chi connectivity index (χ3n) is 3.29. The Kier molecular flexibility index (Phi) is 5.71. The largest absolute Gasteiger partial charge is 0.497 e. The number of carbonyl (C=O) groups excluding carboxylic acids is 2. The van der Waals surface area contributed by atoms with Crippen molar-refractivity contribution < 1.29 is 19.1 Å². The summed E-state index contributed by atoms with van der Waals surface area (Å²) in [5.74, 6) is 0.519. The summed E-state index contributed by atoms with van der Waals surface area (Å²) in [5.41, 5.74) is 3.38. The Morgan fingerprint density at radius 2 is 1.86 bits per heavy atom. The number of ether oxygens (including phenoxy) is 2. The van der Waals surface area contributed by atoms with Crippen molar-refractivity contribution in [3.8, 4) is 5.75 Å². The van der Waals surface area contributed by atoms with Crippen LogP contribution in [0.15, 0.2) is 24.3 Å². The normalized spacial score (nSPS) is 15.5. The standard InChI is InChI=1S/C15H20N2O4/c1-20-13-4-2-12(3-5-13)14(18)6-7-15(19)16-17-8-10-21-11-9-17/h2-5H,6-11H2,1H3,(H,16,19). The number of morpholine rings is 1. The number of nitrogens with zero attached hydrogens (tertiary/aromatic N) is 1. The molecule has 114 valence electrons. The summed E-state index contributed by atoms with van der Waals surface area (Å²) >= 11 is 0. The smallest absolute Gasteiger partial charge is 0.234 e. The zero-order chi connectivity index (χ0) is 15.1. The van der Waals surface area contributed by atoms with E-state index in [0.29, 0.717) is 37.6 Å². The maximum absolute atomic E-state index is 12.0. The minimum atomic E-state index is -0.140. The van der Waals surface area contributed by atoms with Crippen molar-refractivity contribution in [2.45, 2.75) is 12.8 Å². The van der Waals surface area contributed by atoms with E-state index in [1.165, 1.54) is 0 Å². The topological polar surface area (TPSA) is 67.9 Å². The summed E-state index contributed by atoms with van der Waals surface area (Å²) in [4.78, 5) is 23.8. The molecule has 0 bridgehead atoms. The van der Waals surface area contributed by atoms with Gasteiger partial charge in [0.05, 0.1) is 20.3 Å². The molecule has 1 heterocycles. The Bertz CT molecular complexity index is 481. The fourth-order valence-electron chi connectivity index (χ4n) is 2.06. The molecule has 1 aliphatic heterocycles. The van der Waals surface area contributed by atoms with Gasteiger partial charge >= 0.3 is 0 Å². The summed E-state index contributed by atoms with van der Waals surface area (Å²) in [7, 11) is 1.58. The van der Waals surface area contributed by atoms with Crippen LogP contribution in [0.1, 0.15) is 23.2 Å². The molecule has 0 radical (unpaired) electrons. The molecular formula is C15H20N2O4. The van der Waals surface area contributed by atoms with E-state index in [4.69, 9.17) is 9.47 Å². The number of Topliss-reactive ketones (excluding diaryl/α,β-unsaturated/α-hetero) is 1. The molecule has 0 aliphatic carbocycles. The molecule has 1 aromatic rings. The highest BCUT2D eigenvalue weighted by Gasteiger charge is 2.14. The van der Waals surface area contributed by atoms with Gasteiger partial charge in [-0.15, -0.1) is 0 Å². The average molecular weight is 292 g/mol. The van der Waals surface area contributed by atoms with Crippen LogP contribution in [0.5, 0.6) is 5.75 Å². The van der Waals surface area contributed by atoms with Gasteiger partial charge in [0.25, 0.3) is 0 Å². The molecule has 1 aliphatic rings. The number of hydrogen-bond acceptors (Lipinski definition) is 5. The third-order valence-corrected chi connectivity index (χ3v) is 3.29. The number of amides is 1. The summed E-state index contributed by atoms with van der Waals surface area (Å²) < 4.78 is 10.2. The number of hydrogen-bond donors (Lipinski definition) is 1. The molecule has 0 atom stereocenters. The van der Waals surface area contributed by atoms with Crippen LogP contribution >= 0.6 is 0 Å². The first kappa shape index (κ1) is 15.5. The van der Waals surface area contributed by atoms with Crippen molar-refractivity contribution in [2.24, 2.45) is 0 Å². The van der Waals surface area contributed by atoms with Crippen molar-refractivity contribution in [3.63, 3.8) is 0 Å². The molecule has 1 saturated heterocycles. The molecule has 1 aromatic carbocycles. The Balaban J connectivity index is 1.75. The predicted molar refractivity (Wildman–Crippen MR) is 77.1 cm³/mol. The highest BCUT2D eigenvalue weighted by atomic mass is 16.5. The molecule has 6 heteroatoms. The lowest BCUT2D eigenvalue weighted by molar-refractivity contribution is -0.127. The second-order valence-corrected chi connectivity index (χ2v) is 4.79. The highest BCUT2D eigenvalue weighted by Crippen LogP contribution is 2.13. The zero-order valence-corrected chi connectivity index (χ0v) is 12.1. The zero-order valence-electron chi connectivity index (χ0n) is 12.1. The van der Waals surface area contributed by atoms with Crippen LogP contribution in [-0.2, 0) is 9.53 Å². The lowest BCUT2D eigenvalue weighted by atomic mass is 10.1. The Hall–Kier alpha value is -1.92. The summed E-state index contributed by atoms with van der Waals surface area (Å²) in [5, 5.41) is 1.82. The molecule has 0 saturated carbocycles. The van der Waals surface area contributed by atoms with E-state index in [0.717, 1.165) is 0 Å². The van der Waals surface area contributed by atoms with E-state index >= 15 is 0 Å². The minimum Gasteiger partial charge on any atom is -0.497 e. The lowest BCUT2D eigenvalue weighted by Gasteiger charge is -2.26. The highest BCUT2D eigenvalue weighted by molar-refractivity contribution is 5.98. The molecule has 2 rings (SSSR count). The van der Waals surface area contributed by atoms with E-state index in [-0.39, 0.29) is 24.5 Å². The number of nitrogens with one attached hydrogen (secondary N) is 1. The second-order valence-electron chi connectivity index (χ2n) is 4.79. The van der Waals surface area contributed by atoms with Crippen LogP contribution in [0.2, 0.25) is 0 Å². The molecule has 1 amide bonds. The average Bonchev–Trinajstić information content (AvgIpc) is 2.53. The lowest BCUT2D eigenvalue weighted by Crippen LogP contribution is -2.48. The second kappa shape index (κ2) is 7.75. The molecular weight excluding hydrogens is 272 g/mol. The molecule has 0 aromatic heterocycles. The van der Waals surface area contributed by atoms with E-state index in [1.54, 1.807) is 31.4 Å². The van der Waals surface area contributed by atoms with E-state index < -0.39 is 0 Å². The Morgan fingerprint density at radius 1 is 1.19 bits per heavy atom. The van der Waals surface area contributed by atoms with Crippen molar-refractivity contribution in [1.29, 1.82) is 0 Å². The van der Waals surface area contributed by atoms with E-state index in [1.807, 2.05) is 5.01 Å². The fraction of sp³-hybridized carbons (Fsp3) is 0.467. The molecule has 0 spiro atoms. The van der Waals surface area contributed by atoms with Crippen molar-refractivity contribution in [3.05, 3.63) is 29.8 Å². The summed E-state index contributed by atoms with van der Waals surface area (Å²) in [6, 6.07) is 6.89. The number of rotatable bonds is 6. The molecule has 1 fully saturated rings. The van der Waals surface area contributed by atoms with Gasteiger partial charge in [0.1, 0.15) is 5.75 Å². The first-order valence-corrected chi connectivity index (χ1v) is 6.98. The first-order chi connectivity index (χ1) is 10.2. The van der Waals surface area contributed by atoms with Gasteiger partial charge in [-0.2, -0.15) is 0 Å². The van der Waals surface area contributed by atoms with Crippen molar-refractivity contribution in [1.82, 2.24) is 10.4 Å². The number of hydrazine groups is 1. The van der Waals surface area contributed by atoms with Crippen LogP contribution in [-0.4, -0.2) is 50.1 Å². The molecule has 21 heavy (non-hydrogen) atoms. The maximum Gasteiger partial charge on any atom is 0.234 e. The number of carbonyl (C=O) groups is 2. The van der Waals surface area contributed by atoms with Crippen LogP contribution in [0.3, 0.4) is 0 Å². The Morgan fingerprint density at radius 3 is 2.48 bits per heavy atom. The molecule has 0 unspecified atom stereocenters. The molecule has 6 nitrogen and oxygen atoms in total. The Labute approximate surface area is 124 Å². The van der Waals surface area contributed by atoms with Gasteiger partial charge in [0.2, 0.25) is 5.91 Å². The van der Waals surface area contributed by atoms with E-state index in [9.17, 15) is 9.59 Å². The monoisotopic (exact) mass is 292 g/mol.